The highest BCUT2D eigenvalue weighted by Gasteiger charge is 2.43. The molecule has 0 bridgehead atoms. The Kier molecular flexibility index (Phi) is 5.62. The molecule has 0 aliphatic carbocycles. The van der Waals surface area contributed by atoms with Gasteiger partial charge in [-0.15, -0.1) is 23.4 Å². The molecule has 1 fully saturated rings. The number of halogens is 1. The first-order chi connectivity index (χ1) is 7.11. The van der Waals surface area contributed by atoms with E-state index < -0.39 is 36.5 Å². The molecule has 0 radical (unpaired) electrons. The lowest BCUT2D eigenvalue weighted by Gasteiger charge is -2.39. The fraction of sp³-hybridized carbons (Fsp3) is 1.00. The van der Waals surface area contributed by atoms with Crippen LogP contribution in [0.1, 0.15) is 0 Å². The SMILES string of the molecule is OC[C@H]1O[C@@H](SCCCl)[C@H](O)[C@@H](O)[C@@H]1O. The van der Waals surface area contributed by atoms with Gasteiger partial charge < -0.3 is 25.2 Å². The van der Waals surface area contributed by atoms with Crippen molar-refractivity contribution in [2.24, 2.45) is 0 Å². The molecule has 0 unspecified atom stereocenters. The van der Waals surface area contributed by atoms with Gasteiger partial charge in [0, 0.05) is 11.6 Å². The van der Waals surface area contributed by atoms with Crippen LogP contribution in [0, 0.1) is 0 Å². The van der Waals surface area contributed by atoms with Crippen LogP contribution in [0.2, 0.25) is 0 Å². The quantitative estimate of drug-likeness (QED) is 0.472. The van der Waals surface area contributed by atoms with Crippen LogP contribution in [0.25, 0.3) is 0 Å². The lowest BCUT2D eigenvalue weighted by Crippen LogP contribution is -2.57. The minimum atomic E-state index is -1.30. The topological polar surface area (TPSA) is 90.2 Å². The fourth-order valence-corrected chi connectivity index (χ4v) is 2.53. The third kappa shape index (κ3) is 3.20. The molecule has 1 saturated heterocycles. The van der Waals surface area contributed by atoms with Crippen LogP contribution < -0.4 is 0 Å². The molecule has 4 N–H and O–H groups in total. The number of ether oxygens (including phenoxy) is 1. The van der Waals surface area contributed by atoms with Crippen molar-refractivity contribution in [3.63, 3.8) is 0 Å². The maximum absolute atomic E-state index is 9.57. The standard InChI is InChI=1S/C8H15ClO5S/c9-1-2-15-8-7(13)6(12)5(11)4(3-10)14-8/h4-8,10-13H,1-3H2/t4-,5-,6+,7-,8+/m1/s1. The molecule has 5 atom stereocenters. The maximum atomic E-state index is 9.57. The average molecular weight is 259 g/mol. The first-order valence-electron chi connectivity index (χ1n) is 4.60. The van der Waals surface area contributed by atoms with Gasteiger partial charge in [0.1, 0.15) is 29.9 Å². The van der Waals surface area contributed by atoms with E-state index in [-0.39, 0.29) is 0 Å². The van der Waals surface area contributed by atoms with Crippen molar-refractivity contribution in [3.05, 3.63) is 0 Å². The van der Waals surface area contributed by atoms with Crippen molar-refractivity contribution < 1.29 is 25.2 Å². The summed E-state index contributed by atoms with van der Waals surface area (Å²) in [6, 6.07) is 0. The molecule has 90 valence electrons. The monoisotopic (exact) mass is 258 g/mol. The first kappa shape index (κ1) is 13.5. The van der Waals surface area contributed by atoms with E-state index in [9.17, 15) is 15.3 Å². The molecule has 0 aromatic heterocycles. The summed E-state index contributed by atoms with van der Waals surface area (Å²) in [6.07, 6.45) is -4.60. The van der Waals surface area contributed by atoms with Gasteiger partial charge in [-0.25, -0.2) is 0 Å². The van der Waals surface area contributed by atoms with E-state index in [1.807, 2.05) is 0 Å². The van der Waals surface area contributed by atoms with E-state index >= 15 is 0 Å². The molecule has 0 aromatic carbocycles. The normalized spacial score (nSPS) is 41.8. The molecule has 15 heavy (non-hydrogen) atoms. The lowest BCUT2D eigenvalue weighted by atomic mass is 10.0. The van der Waals surface area contributed by atoms with E-state index in [0.29, 0.717) is 11.6 Å². The largest absolute Gasteiger partial charge is 0.394 e. The molecule has 5 nitrogen and oxygen atoms in total. The number of hydrogen-bond acceptors (Lipinski definition) is 6. The Bertz CT molecular complexity index is 194. The minimum absolute atomic E-state index is 0.400. The Hall–Kier alpha value is 0.440. The smallest absolute Gasteiger partial charge is 0.132 e. The minimum Gasteiger partial charge on any atom is -0.394 e. The zero-order chi connectivity index (χ0) is 11.4. The highest BCUT2D eigenvalue weighted by Crippen LogP contribution is 2.28. The molecule has 0 aromatic rings. The van der Waals surface area contributed by atoms with Crippen molar-refractivity contribution in [2.75, 3.05) is 18.2 Å². The van der Waals surface area contributed by atoms with E-state index in [1.54, 1.807) is 0 Å². The van der Waals surface area contributed by atoms with E-state index in [4.69, 9.17) is 21.4 Å². The predicted molar refractivity (Wildman–Crippen MR) is 56.9 cm³/mol. The zero-order valence-electron chi connectivity index (χ0n) is 7.99. The number of hydrogen-bond donors (Lipinski definition) is 4. The summed E-state index contributed by atoms with van der Waals surface area (Å²) in [5, 5.41) is 37.4. The van der Waals surface area contributed by atoms with Gasteiger partial charge in [-0.2, -0.15) is 0 Å². The Balaban J connectivity index is 2.57. The van der Waals surface area contributed by atoms with E-state index in [0.717, 1.165) is 0 Å². The summed E-state index contributed by atoms with van der Waals surface area (Å²) in [4.78, 5) is 0. The van der Waals surface area contributed by atoms with Crippen molar-refractivity contribution in [1.82, 2.24) is 0 Å². The first-order valence-corrected chi connectivity index (χ1v) is 6.18. The molecular weight excluding hydrogens is 244 g/mol. The summed E-state index contributed by atoms with van der Waals surface area (Å²) in [6.45, 7) is -0.400. The molecule has 1 aliphatic rings. The summed E-state index contributed by atoms with van der Waals surface area (Å²) in [5.41, 5.74) is -0.667. The predicted octanol–water partition coefficient (Wildman–Crippen LogP) is -1.24. The molecular formula is C8H15ClO5S. The second-order valence-electron chi connectivity index (χ2n) is 3.26. The van der Waals surface area contributed by atoms with Gasteiger partial charge in [0.15, 0.2) is 0 Å². The van der Waals surface area contributed by atoms with Gasteiger partial charge in [-0.05, 0) is 0 Å². The Morgan fingerprint density at radius 2 is 1.80 bits per heavy atom. The molecule has 0 amide bonds. The number of rotatable bonds is 4. The molecule has 1 rings (SSSR count). The molecule has 1 heterocycles. The summed E-state index contributed by atoms with van der Waals surface area (Å²) < 4.78 is 5.23. The maximum Gasteiger partial charge on any atom is 0.132 e. The number of aliphatic hydroxyl groups excluding tert-OH is 4. The summed E-state index contributed by atoms with van der Waals surface area (Å²) >= 11 is 6.73. The molecule has 1 aliphatic heterocycles. The van der Waals surface area contributed by atoms with Gasteiger partial charge in [0.05, 0.1) is 6.61 Å². The van der Waals surface area contributed by atoms with Gasteiger partial charge in [-0.1, -0.05) is 0 Å². The second-order valence-corrected chi connectivity index (χ2v) is 4.84. The van der Waals surface area contributed by atoms with Crippen LogP contribution in [0.3, 0.4) is 0 Å². The van der Waals surface area contributed by atoms with E-state index in [1.165, 1.54) is 11.8 Å². The fourth-order valence-electron chi connectivity index (χ4n) is 1.37. The highest BCUT2D eigenvalue weighted by atomic mass is 35.5. The van der Waals surface area contributed by atoms with E-state index in [2.05, 4.69) is 0 Å². The second kappa shape index (κ2) is 6.24. The molecule has 0 saturated carbocycles. The van der Waals surface area contributed by atoms with Crippen LogP contribution >= 0.6 is 23.4 Å². The summed E-state index contributed by atoms with van der Waals surface area (Å²) in [5.74, 6) is 0.962. The number of alkyl halides is 1. The van der Waals surface area contributed by atoms with Crippen LogP contribution in [0.5, 0.6) is 0 Å². The lowest BCUT2D eigenvalue weighted by molar-refractivity contribution is -0.205. The Labute approximate surface area is 97.0 Å². The number of aliphatic hydroxyl groups is 4. The van der Waals surface area contributed by atoms with Crippen molar-refractivity contribution in [1.29, 1.82) is 0 Å². The van der Waals surface area contributed by atoms with Crippen LogP contribution in [0.15, 0.2) is 0 Å². The number of thioether (sulfide) groups is 1. The third-order valence-corrected chi connectivity index (χ3v) is 3.78. The van der Waals surface area contributed by atoms with Crippen LogP contribution in [-0.2, 0) is 4.74 Å². The van der Waals surface area contributed by atoms with Gasteiger partial charge >= 0.3 is 0 Å². The zero-order valence-corrected chi connectivity index (χ0v) is 9.56. The van der Waals surface area contributed by atoms with Crippen molar-refractivity contribution in [3.8, 4) is 0 Å². The van der Waals surface area contributed by atoms with Gasteiger partial charge in [0.2, 0.25) is 0 Å². The third-order valence-electron chi connectivity index (χ3n) is 2.21. The van der Waals surface area contributed by atoms with Crippen molar-refractivity contribution >= 4 is 23.4 Å². The van der Waals surface area contributed by atoms with Crippen molar-refractivity contribution in [2.45, 2.75) is 29.9 Å². The van der Waals surface area contributed by atoms with Crippen LogP contribution in [0.4, 0.5) is 0 Å². The average Bonchev–Trinajstić information content (AvgIpc) is 2.25. The highest BCUT2D eigenvalue weighted by molar-refractivity contribution is 7.99. The van der Waals surface area contributed by atoms with Gasteiger partial charge in [0.25, 0.3) is 0 Å². The molecule has 0 spiro atoms. The van der Waals surface area contributed by atoms with Gasteiger partial charge in [-0.3, -0.25) is 0 Å². The Morgan fingerprint density at radius 1 is 1.13 bits per heavy atom. The molecule has 7 heteroatoms. The summed E-state index contributed by atoms with van der Waals surface area (Å²) in [7, 11) is 0. The van der Waals surface area contributed by atoms with Crippen LogP contribution in [-0.4, -0.2) is 68.5 Å². The Morgan fingerprint density at radius 3 is 2.33 bits per heavy atom.